The van der Waals surface area contributed by atoms with Gasteiger partial charge in [-0.15, -0.1) is 5.10 Å². The van der Waals surface area contributed by atoms with Crippen molar-refractivity contribution < 1.29 is 9.90 Å². The summed E-state index contributed by atoms with van der Waals surface area (Å²) in [6.07, 6.45) is 1.34. The number of nitrogens with zero attached hydrogens (tertiary/aromatic N) is 3. The van der Waals surface area contributed by atoms with Crippen LogP contribution in [0.25, 0.3) is 0 Å². The minimum absolute atomic E-state index is 0.194. The van der Waals surface area contributed by atoms with Crippen molar-refractivity contribution in [2.45, 2.75) is 53.5 Å². The maximum Gasteiger partial charge on any atom is 0.339 e. The molecule has 0 aliphatic rings. The van der Waals surface area contributed by atoms with E-state index in [2.05, 4.69) is 31.0 Å². The number of aryl methyl sites for hydroxylation is 1. The zero-order valence-electron chi connectivity index (χ0n) is 13.3. The number of hydrogen-bond acceptors (Lipinski definition) is 4. The minimum atomic E-state index is -0.927. The highest BCUT2D eigenvalue weighted by molar-refractivity contribution is 5.95. The standard InChI is InChI=1S/C15H25N3O2/c1-7-11-12(8-2)16-17-14(13(11)15(19)20)18(6)10(5)9(3)4/h9-10H,7-8H2,1-6H3,(H,19,20). The maximum absolute atomic E-state index is 11.7. The second kappa shape index (κ2) is 6.68. The van der Waals surface area contributed by atoms with Crippen LogP contribution in [0.5, 0.6) is 0 Å². The highest BCUT2D eigenvalue weighted by Gasteiger charge is 2.25. The van der Waals surface area contributed by atoms with Crippen molar-refractivity contribution in [1.82, 2.24) is 10.2 Å². The Morgan fingerprint density at radius 1 is 1.20 bits per heavy atom. The van der Waals surface area contributed by atoms with Crippen molar-refractivity contribution in [3.05, 3.63) is 16.8 Å². The Balaban J connectivity index is 3.44. The Bertz CT molecular complexity index is 486. The average Bonchev–Trinajstić information content (AvgIpc) is 2.43. The fourth-order valence-corrected chi connectivity index (χ4v) is 2.27. The molecule has 0 bridgehead atoms. The van der Waals surface area contributed by atoms with Gasteiger partial charge in [0.25, 0.3) is 0 Å². The monoisotopic (exact) mass is 279 g/mol. The van der Waals surface area contributed by atoms with Crippen LogP contribution in [0.3, 0.4) is 0 Å². The Labute approximate surface area is 121 Å². The second-order valence-corrected chi connectivity index (χ2v) is 5.43. The molecular weight excluding hydrogens is 254 g/mol. The summed E-state index contributed by atoms with van der Waals surface area (Å²) < 4.78 is 0. The lowest BCUT2D eigenvalue weighted by Gasteiger charge is -2.30. The van der Waals surface area contributed by atoms with Gasteiger partial charge in [-0.2, -0.15) is 5.10 Å². The van der Waals surface area contributed by atoms with Crippen LogP contribution in [0.15, 0.2) is 0 Å². The van der Waals surface area contributed by atoms with Gasteiger partial charge in [0.05, 0.1) is 5.69 Å². The van der Waals surface area contributed by atoms with Gasteiger partial charge in [0.1, 0.15) is 5.56 Å². The molecular formula is C15H25N3O2. The number of anilines is 1. The van der Waals surface area contributed by atoms with E-state index >= 15 is 0 Å². The highest BCUT2D eigenvalue weighted by Crippen LogP contribution is 2.26. The molecule has 1 aromatic heterocycles. The first-order chi connectivity index (χ1) is 9.34. The summed E-state index contributed by atoms with van der Waals surface area (Å²) in [6, 6.07) is 0.194. The Hall–Kier alpha value is -1.65. The molecule has 1 atom stereocenters. The summed E-state index contributed by atoms with van der Waals surface area (Å²) in [4.78, 5) is 13.6. The third kappa shape index (κ3) is 3.08. The van der Waals surface area contributed by atoms with E-state index < -0.39 is 5.97 Å². The summed E-state index contributed by atoms with van der Waals surface area (Å²) in [7, 11) is 1.88. The van der Waals surface area contributed by atoms with Gasteiger partial charge in [-0.25, -0.2) is 4.79 Å². The SMILES string of the molecule is CCc1nnc(N(C)C(C)C(C)C)c(C(=O)O)c1CC. The molecule has 1 aromatic rings. The molecule has 0 aromatic carbocycles. The van der Waals surface area contributed by atoms with Gasteiger partial charge < -0.3 is 10.0 Å². The summed E-state index contributed by atoms with van der Waals surface area (Å²) in [6.45, 7) is 10.2. The highest BCUT2D eigenvalue weighted by atomic mass is 16.4. The van der Waals surface area contributed by atoms with Crippen molar-refractivity contribution >= 4 is 11.8 Å². The first-order valence-corrected chi connectivity index (χ1v) is 7.19. The van der Waals surface area contributed by atoms with Crippen molar-refractivity contribution in [1.29, 1.82) is 0 Å². The molecule has 1 heterocycles. The smallest absolute Gasteiger partial charge is 0.339 e. The number of carboxylic acid groups (broad SMARTS) is 1. The molecule has 1 unspecified atom stereocenters. The second-order valence-electron chi connectivity index (χ2n) is 5.43. The topological polar surface area (TPSA) is 66.3 Å². The Morgan fingerprint density at radius 2 is 1.80 bits per heavy atom. The molecule has 5 heteroatoms. The quantitative estimate of drug-likeness (QED) is 0.867. The predicted octanol–water partition coefficient (Wildman–Crippen LogP) is 2.78. The summed E-state index contributed by atoms with van der Waals surface area (Å²) in [5.41, 5.74) is 1.88. The van der Waals surface area contributed by atoms with Gasteiger partial charge in [-0.05, 0) is 31.2 Å². The van der Waals surface area contributed by atoms with E-state index in [9.17, 15) is 9.90 Å². The lowest BCUT2D eigenvalue weighted by atomic mass is 10.0. The van der Waals surface area contributed by atoms with Crippen molar-refractivity contribution in [3.8, 4) is 0 Å². The number of carbonyl (C=O) groups is 1. The number of aromatic carboxylic acids is 1. The zero-order chi connectivity index (χ0) is 15.4. The molecule has 20 heavy (non-hydrogen) atoms. The van der Waals surface area contributed by atoms with Gasteiger partial charge in [-0.1, -0.05) is 27.7 Å². The van der Waals surface area contributed by atoms with E-state index in [1.165, 1.54) is 0 Å². The molecule has 0 saturated heterocycles. The Kier molecular flexibility index (Phi) is 5.48. The third-order valence-electron chi connectivity index (χ3n) is 3.95. The summed E-state index contributed by atoms with van der Waals surface area (Å²) in [5.74, 6) is -0.0589. The third-order valence-corrected chi connectivity index (χ3v) is 3.95. The van der Waals surface area contributed by atoms with E-state index in [0.29, 0.717) is 30.1 Å². The molecule has 5 nitrogen and oxygen atoms in total. The molecule has 112 valence electrons. The van der Waals surface area contributed by atoms with Crippen LogP contribution >= 0.6 is 0 Å². The van der Waals surface area contributed by atoms with Crippen LogP contribution < -0.4 is 4.90 Å². The number of rotatable bonds is 6. The van der Waals surface area contributed by atoms with Gasteiger partial charge >= 0.3 is 5.97 Å². The van der Waals surface area contributed by atoms with Crippen molar-refractivity contribution in [2.75, 3.05) is 11.9 Å². The molecule has 0 aliphatic heterocycles. The van der Waals surface area contributed by atoms with E-state index in [4.69, 9.17) is 0 Å². The fraction of sp³-hybridized carbons (Fsp3) is 0.667. The fourth-order valence-electron chi connectivity index (χ4n) is 2.27. The maximum atomic E-state index is 11.7. The number of hydrogen-bond donors (Lipinski definition) is 1. The van der Waals surface area contributed by atoms with E-state index in [1.807, 2.05) is 25.8 Å². The number of carboxylic acids is 1. The van der Waals surface area contributed by atoms with Gasteiger partial charge in [0.2, 0.25) is 0 Å². The largest absolute Gasteiger partial charge is 0.478 e. The van der Waals surface area contributed by atoms with Crippen molar-refractivity contribution in [3.63, 3.8) is 0 Å². The predicted molar refractivity (Wildman–Crippen MR) is 80.5 cm³/mol. The molecule has 0 saturated carbocycles. The lowest BCUT2D eigenvalue weighted by Crippen LogP contribution is -2.35. The number of aromatic nitrogens is 2. The molecule has 1 rings (SSSR count). The lowest BCUT2D eigenvalue weighted by molar-refractivity contribution is 0.0695. The van der Waals surface area contributed by atoms with Gasteiger partial charge in [-0.3, -0.25) is 0 Å². The first kappa shape index (κ1) is 16.4. The van der Waals surface area contributed by atoms with Crippen LogP contribution in [0.2, 0.25) is 0 Å². The molecule has 0 fully saturated rings. The van der Waals surface area contributed by atoms with Gasteiger partial charge in [0.15, 0.2) is 5.82 Å². The molecule has 0 aliphatic carbocycles. The van der Waals surface area contributed by atoms with E-state index in [-0.39, 0.29) is 6.04 Å². The van der Waals surface area contributed by atoms with Crippen LogP contribution in [-0.2, 0) is 12.8 Å². The van der Waals surface area contributed by atoms with Crippen LogP contribution in [0.4, 0.5) is 5.82 Å². The van der Waals surface area contributed by atoms with Crippen molar-refractivity contribution in [2.24, 2.45) is 5.92 Å². The van der Waals surface area contributed by atoms with E-state index in [1.54, 1.807) is 0 Å². The van der Waals surface area contributed by atoms with Crippen LogP contribution in [-0.4, -0.2) is 34.4 Å². The summed E-state index contributed by atoms with van der Waals surface area (Å²) >= 11 is 0. The van der Waals surface area contributed by atoms with Crippen LogP contribution in [0.1, 0.15) is 56.2 Å². The zero-order valence-corrected chi connectivity index (χ0v) is 13.3. The summed E-state index contributed by atoms with van der Waals surface area (Å²) in [5, 5.41) is 18.0. The first-order valence-electron chi connectivity index (χ1n) is 7.19. The Morgan fingerprint density at radius 3 is 2.20 bits per heavy atom. The molecule has 0 spiro atoms. The minimum Gasteiger partial charge on any atom is -0.478 e. The van der Waals surface area contributed by atoms with E-state index in [0.717, 1.165) is 11.3 Å². The molecule has 0 radical (unpaired) electrons. The van der Waals surface area contributed by atoms with Crippen LogP contribution in [0, 0.1) is 5.92 Å². The average molecular weight is 279 g/mol. The molecule has 0 amide bonds. The van der Waals surface area contributed by atoms with Gasteiger partial charge in [0, 0.05) is 13.1 Å². The molecule has 1 N–H and O–H groups in total. The normalized spacial score (nSPS) is 12.6.